The molecule has 1 aromatic carbocycles. The molecule has 0 heterocycles. The first kappa shape index (κ1) is 15.6. The number of hydrogen-bond acceptors (Lipinski definition) is 2. The second-order valence-electron chi connectivity index (χ2n) is 4.21. The largest absolute Gasteiger partial charge is 0.489 e. The van der Waals surface area contributed by atoms with Crippen LogP contribution in [0.3, 0.4) is 0 Å². The van der Waals surface area contributed by atoms with E-state index in [0.29, 0.717) is 35.0 Å². The van der Waals surface area contributed by atoms with Gasteiger partial charge in [-0.25, -0.2) is 0 Å². The molecule has 0 bridgehead atoms. The summed E-state index contributed by atoms with van der Waals surface area (Å²) >= 11 is 12.3. The third-order valence-electron chi connectivity index (χ3n) is 3.05. The van der Waals surface area contributed by atoms with Gasteiger partial charge in [-0.3, -0.25) is 0 Å². The Balaban J connectivity index is 0.00000162. The lowest BCUT2D eigenvalue weighted by molar-refractivity contribution is 0.359. The normalized spacial score (nSPS) is 21.1. The Morgan fingerprint density at radius 1 is 1.44 bits per heavy atom. The predicted octanol–water partition coefficient (Wildman–Crippen LogP) is 4.04. The van der Waals surface area contributed by atoms with Gasteiger partial charge in [0.2, 0.25) is 0 Å². The van der Waals surface area contributed by atoms with E-state index in [1.165, 1.54) is 0 Å². The van der Waals surface area contributed by atoms with Crippen LogP contribution >= 0.6 is 35.6 Å². The van der Waals surface area contributed by atoms with Gasteiger partial charge in [-0.05, 0) is 36.9 Å². The highest BCUT2D eigenvalue weighted by Crippen LogP contribution is 2.53. The summed E-state index contributed by atoms with van der Waals surface area (Å²) in [5, 5.41) is 1.16. The van der Waals surface area contributed by atoms with Crippen molar-refractivity contribution in [1.29, 1.82) is 0 Å². The van der Waals surface area contributed by atoms with Gasteiger partial charge in [-0.2, -0.15) is 0 Å². The highest BCUT2D eigenvalue weighted by Gasteiger charge is 2.40. The summed E-state index contributed by atoms with van der Waals surface area (Å²) in [5.74, 6) is 1.67. The first-order valence-electron chi connectivity index (χ1n) is 5.60. The summed E-state index contributed by atoms with van der Waals surface area (Å²) in [7, 11) is 0. The first-order valence-corrected chi connectivity index (χ1v) is 6.36. The van der Waals surface area contributed by atoms with E-state index in [4.69, 9.17) is 33.7 Å². The monoisotopic (exact) mass is 307 g/mol. The smallest absolute Gasteiger partial charge is 0.124 e. The predicted molar refractivity (Wildman–Crippen MR) is 79.3 cm³/mol. The molecule has 1 aromatic rings. The average Bonchev–Trinajstić information content (AvgIpc) is 3.09. The minimum Gasteiger partial charge on any atom is -0.489 e. The van der Waals surface area contributed by atoms with E-state index in [1.54, 1.807) is 12.1 Å². The summed E-state index contributed by atoms with van der Waals surface area (Å²) in [6, 6.07) is 3.62. The molecule has 1 fully saturated rings. The molecule has 1 saturated carbocycles. The molecule has 18 heavy (non-hydrogen) atoms. The second kappa shape index (κ2) is 6.67. The van der Waals surface area contributed by atoms with Crippen LogP contribution < -0.4 is 10.5 Å². The summed E-state index contributed by atoms with van der Waals surface area (Å²) < 4.78 is 5.61. The Labute approximate surface area is 124 Å². The second-order valence-corrected chi connectivity index (χ2v) is 5.00. The van der Waals surface area contributed by atoms with Crippen LogP contribution in [0.1, 0.15) is 17.9 Å². The molecule has 2 rings (SSSR count). The molecule has 2 atom stereocenters. The lowest BCUT2D eigenvalue weighted by Crippen LogP contribution is -2.04. The quantitative estimate of drug-likeness (QED) is 0.833. The lowest BCUT2D eigenvalue weighted by atomic mass is 10.1. The van der Waals surface area contributed by atoms with Crippen molar-refractivity contribution in [3.05, 3.63) is 40.4 Å². The van der Waals surface area contributed by atoms with Crippen LogP contribution in [-0.4, -0.2) is 13.2 Å². The molecule has 0 aromatic heterocycles. The van der Waals surface area contributed by atoms with Crippen molar-refractivity contribution < 1.29 is 4.74 Å². The molecule has 2 N–H and O–H groups in total. The van der Waals surface area contributed by atoms with Crippen LogP contribution in [-0.2, 0) is 0 Å². The molecular formula is C13H16Cl3NO. The SMILES string of the molecule is C=CCOc1ccc(Cl)c(Cl)c1C1CC1CN.Cl. The van der Waals surface area contributed by atoms with Gasteiger partial charge in [0.15, 0.2) is 0 Å². The Bertz CT molecular complexity index is 436. The summed E-state index contributed by atoms with van der Waals surface area (Å²) in [5.41, 5.74) is 6.66. The molecule has 1 aliphatic rings. The van der Waals surface area contributed by atoms with Gasteiger partial charge >= 0.3 is 0 Å². The zero-order valence-electron chi connectivity index (χ0n) is 9.86. The van der Waals surface area contributed by atoms with Crippen molar-refractivity contribution >= 4 is 35.6 Å². The third-order valence-corrected chi connectivity index (χ3v) is 3.86. The Kier molecular flexibility index (Phi) is 5.80. The van der Waals surface area contributed by atoms with E-state index in [9.17, 15) is 0 Å². The molecule has 0 radical (unpaired) electrons. The summed E-state index contributed by atoms with van der Waals surface area (Å²) in [4.78, 5) is 0. The minimum absolute atomic E-state index is 0. The van der Waals surface area contributed by atoms with Gasteiger partial charge in [0.25, 0.3) is 0 Å². The molecule has 0 saturated heterocycles. The fraction of sp³-hybridized carbons (Fsp3) is 0.385. The number of hydrogen-bond donors (Lipinski definition) is 1. The zero-order valence-corrected chi connectivity index (χ0v) is 12.2. The van der Waals surface area contributed by atoms with Crippen LogP contribution in [0.4, 0.5) is 0 Å². The van der Waals surface area contributed by atoms with Gasteiger partial charge in [0.05, 0.1) is 10.0 Å². The fourth-order valence-electron chi connectivity index (χ4n) is 2.03. The first-order chi connectivity index (χ1) is 8.19. The Morgan fingerprint density at radius 3 is 2.72 bits per heavy atom. The molecule has 2 unspecified atom stereocenters. The van der Waals surface area contributed by atoms with Crippen molar-refractivity contribution in [3.8, 4) is 5.75 Å². The van der Waals surface area contributed by atoms with E-state index in [0.717, 1.165) is 17.7 Å². The summed E-state index contributed by atoms with van der Waals surface area (Å²) in [6.07, 6.45) is 2.76. The van der Waals surface area contributed by atoms with E-state index in [2.05, 4.69) is 6.58 Å². The van der Waals surface area contributed by atoms with E-state index < -0.39 is 0 Å². The number of benzene rings is 1. The average molecular weight is 309 g/mol. The van der Waals surface area contributed by atoms with Crippen molar-refractivity contribution in [2.75, 3.05) is 13.2 Å². The topological polar surface area (TPSA) is 35.2 Å². The number of halogens is 3. The van der Waals surface area contributed by atoms with Gasteiger partial charge in [0, 0.05) is 5.56 Å². The maximum absolute atomic E-state index is 6.26. The van der Waals surface area contributed by atoms with E-state index >= 15 is 0 Å². The highest BCUT2D eigenvalue weighted by molar-refractivity contribution is 6.42. The van der Waals surface area contributed by atoms with E-state index in [-0.39, 0.29) is 12.4 Å². The zero-order chi connectivity index (χ0) is 12.4. The molecule has 1 aliphatic carbocycles. The number of nitrogens with two attached hydrogens (primary N) is 1. The van der Waals surface area contributed by atoms with Crippen LogP contribution in [0, 0.1) is 5.92 Å². The molecule has 0 spiro atoms. The van der Waals surface area contributed by atoms with Gasteiger partial charge in [-0.15, -0.1) is 12.4 Å². The number of rotatable bonds is 5. The third kappa shape index (κ3) is 3.12. The van der Waals surface area contributed by atoms with Crippen LogP contribution in [0.5, 0.6) is 5.75 Å². The lowest BCUT2D eigenvalue weighted by Gasteiger charge is -2.13. The van der Waals surface area contributed by atoms with Crippen molar-refractivity contribution in [2.45, 2.75) is 12.3 Å². The summed E-state index contributed by atoms with van der Waals surface area (Å²) in [6.45, 7) is 4.77. The maximum atomic E-state index is 6.26. The molecule has 0 amide bonds. The fourth-order valence-corrected chi connectivity index (χ4v) is 2.49. The Hall–Kier alpha value is -0.410. The van der Waals surface area contributed by atoms with Crippen molar-refractivity contribution in [2.24, 2.45) is 11.7 Å². The van der Waals surface area contributed by atoms with Crippen LogP contribution in [0.2, 0.25) is 10.0 Å². The molecule has 100 valence electrons. The molecule has 2 nitrogen and oxygen atoms in total. The van der Waals surface area contributed by atoms with Gasteiger partial charge < -0.3 is 10.5 Å². The number of ether oxygens (including phenoxy) is 1. The maximum Gasteiger partial charge on any atom is 0.124 e. The molecule has 0 aliphatic heterocycles. The van der Waals surface area contributed by atoms with Crippen molar-refractivity contribution in [3.63, 3.8) is 0 Å². The Morgan fingerprint density at radius 2 is 2.17 bits per heavy atom. The highest BCUT2D eigenvalue weighted by atomic mass is 35.5. The standard InChI is InChI=1S/C13H15Cl2NO.ClH/c1-2-5-17-11-4-3-10(14)13(15)12(11)9-6-8(9)7-16;/h2-4,8-9H,1,5-7,16H2;1H. The van der Waals surface area contributed by atoms with Crippen LogP contribution in [0.15, 0.2) is 24.8 Å². The van der Waals surface area contributed by atoms with Gasteiger partial charge in [-0.1, -0.05) is 35.9 Å². The minimum atomic E-state index is 0. The van der Waals surface area contributed by atoms with Crippen molar-refractivity contribution in [1.82, 2.24) is 0 Å². The van der Waals surface area contributed by atoms with Crippen LogP contribution in [0.25, 0.3) is 0 Å². The van der Waals surface area contributed by atoms with E-state index in [1.807, 2.05) is 6.07 Å². The van der Waals surface area contributed by atoms with Gasteiger partial charge in [0.1, 0.15) is 12.4 Å². The molecular weight excluding hydrogens is 293 g/mol. The molecule has 5 heteroatoms.